The number of nitrogens with one attached hydrogen (secondary N) is 1. The lowest BCUT2D eigenvalue weighted by molar-refractivity contribution is -0.146. The Bertz CT molecular complexity index is 497. The standard InChI is InChI=1S/C11H13N3O3S/c1-6-13-14-11(18-6)12-9(15)7-4-2-3-5-8(7)10(16)17/h2-3,7-8H,4-5H2,1H3,(H,16,17)(H,12,14,15)/t7-,8+/m1/s1. The van der Waals surface area contributed by atoms with Crippen LogP contribution in [0.2, 0.25) is 0 Å². The maximum absolute atomic E-state index is 12.0. The first-order valence-electron chi connectivity index (χ1n) is 5.56. The number of aromatic nitrogens is 2. The second-order valence-corrected chi connectivity index (χ2v) is 5.29. The van der Waals surface area contributed by atoms with E-state index in [-0.39, 0.29) is 5.91 Å². The lowest BCUT2D eigenvalue weighted by Crippen LogP contribution is -2.34. The van der Waals surface area contributed by atoms with Gasteiger partial charge in [-0.2, -0.15) is 0 Å². The predicted octanol–water partition coefficient (Wildman–Crippen LogP) is 1.45. The highest BCUT2D eigenvalue weighted by molar-refractivity contribution is 7.15. The number of aryl methyl sites for hydroxylation is 1. The van der Waals surface area contributed by atoms with Gasteiger partial charge in [-0.05, 0) is 19.8 Å². The molecule has 1 aromatic heterocycles. The third kappa shape index (κ3) is 2.73. The van der Waals surface area contributed by atoms with Gasteiger partial charge in [0.25, 0.3) is 0 Å². The minimum Gasteiger partial charge on any atom is -0.481 e. The van der Waals surface area contributed by atoms with Crippen molar-refractivity contribution in [2.45, 2.75) is 19.8 Å². The highest BCUT2D eigenvalue weighted by Crippen LogP contribution is 2.27. The molecule has 0 fully saturated rings. The summed E-state index contributed by atoms with van der Waals surface area (Å²) in [7, 11) is 0. The summed E-state index contributed by atoms with van der Waals surface area (Å²) in [5.41, 5.74) is 0. The summed E-state index contributed by atoms with van der Waals surface area (Å²) < 4.78 is 0. The van der Waals surface area contributed by atoms with Crippen molar-refractivity contribution in [2.75, 3.05) is 5.32 Å². The molecule has 0 saturated carbocycles. The lowest BCUT2D eigenvalue weighted by Gasteiger charge is -2.23. The van der Waals surface area contributed by atoms with Crippen LogP contribution in [0.15, 0.2) is 12.2 Å². The highest BCUT2D eigenvalue weighted by atomic mass is 32.1. The second kappa shape index (κ2) is 5.26. The molecule has 0 bridgehead atoms. The van der Waals surface area contributed by atoms with Crippen molar-refractivity contribution in [3.05, 3.63) is 17.2 Å². The maximum Gasteiger partial charge on any atom is 0.307 e. The van der Waals surface area contributed by atoms with Crippen LogP contribution in [0.25, 0.3) is 0 Å². The molecule has 18 heavy (non-hydrogen) atoms. The van der Waals surface area contributed by atoms with Crippen molar-refractivity contribution in [3.63, 3.8) is 0 Å². The minimum atomic E-state index is -0.937. The van der Waals surface area contributed by atoms with Gasteiger partial charge in [0.15, 0.2) is 0 Å². The van der Waals surface area contributed by atoms with E-state index in [1.807, 2.05) is 6.08 Å². The van der Waals surface area contributed by atoms with E-state index in [0.29, 0.717) is 18.0 Å². The van der Waals surface area contributed by atoms with Gasteiger partial charge in [0, 0.05) is 0 Å². The Hall–Kier alpha value is -1.76. The van der Waals surface area contributed by atoms with Crippen LogP contribution in [0.3, 0.4) is 0 Å². The first-order valence-corrected chi connectivity index (χ1v) is 6.38. The Labute approximate surface area is 108 Å². The van der Waals surface area contributed by atoms with Crippen molar-refractivity contribution >= 4 is 28.3 Å². The number of allylic oxidation sites excluding steroid dienone is 2. The monoisotopic (exact) mass is 267 g/mol. The number of aliphatic carboxylic acids is 1. The van der Waals surface area contributed by atoms with Crippen LogP contribution in [-0.4, -0.2) is 27.2 Å². The van der Waals surface area contributed by atoms with Gasteiger partial charge in [0.05, 0.1) is 11.8 Å². The zero-order valence-electron chi connectivity index (χ0n) is 9.79. The van der Waals surface area contributed by atoms with E-state index in [0.717, 1.165) is 5.01 Å². The predicted molar refractivity (Wildman–Crippen MR) is 66.3 cm³/mol. The van der Waals surface area contributed by atoms with Crippen LogP contribution in [0, 0.1) is 18.8 Å². The van der Waals surface area contributed by atoms with Crippen molar-refractivity contribution < 1.29 is 14.7 Å². The normalized spacial score (nSPS) is 22.7. The molecule has 0 saturated heterocycles. The molecule has 1 aromatic rings. The average Bonchev–Trinajstić information content (AvgIpc) is 2.74. The van der Waals surface area contributed by atoms with E-state index in [4.69, 9.17) is 5.11 Å². The van der Waals surface area contributed by atoms with Crippen molar-refractivity contribution in [2.24, 2.45) is 11.8 Å². The number of hydrogen-bond donors (Lipinski definition) is 2. The number of nitrogens with zero attached hydrogens (tertiary/aromatic N) is 2. The quantitative estimate of drug-likeness (QED) is 0.809. The summed E-state index contributed by atoms with van der Waals surface area (Å²) in [4.78, 5) is 23.1. The third-order valence-electron chi connectivity index (χ3n) is 2.84. The first kappa shape index (κ1) is 12.7. The third-order valence-corrected chi connectivity index (χ3v) is 3.60. The smallest absolute Gasteiger partial charge is 0.307 e. The van der Waals surface area contributed by atoms with Crippen LogP contribution < -0.4 is 5.32 Å². The van der Waals surface area contributed by atoms with Crippen LogP contribution >= 0.6 is 11.3 Å². The maximum atomic E-state index is 12.0. The summed E-state index contributed by atoms with van der Waals surface area (Å²) in [6.07, 6.45) is 4.48. The summed E-state index contributed by atoms with van der Waals surface area (Å²) in [5.74, 6) is -2.45. The molecule has 7 heteroatoms. The van der Waals surface area contributed by atoms with Crippen LogP contribution in [-0.2, 0) is 9.59 Å². The Kier molecular flexibility index (Phi) is 3.71. The van der Waals surface area contributed by atoms with Crippen molar-refractivity contribution in [3.8, 4) is 0 Å². The highest BCUT2D eigenvalue weighted by Gasteiger charge is 2.34. The van der Waals surface area contributed by atoms with E-state index in [2.05, 4.69) is 15.5 Å². The van der Waals surface area contributed by atoms with E-state index >= 15 is 0 Å². The molecule has 2 atom stereocenters. The number of carboxylic acids is 1. The topological polar surface area (TPSA) is 92.2 Å². The number of carbonyl (C=O) groups excluding carboxylic acids is 1. The van der Waals surface area contributed by atoms with Crippen LogP contribution in [0.4, 0.5) is 5.13 Å². The number of carbonyl (C=O) groups is 2. The Balaban J connectivity index is 2.07. The molecule has 0 radical (unpaired) electrons. The van der Waals surface area contributed by atoms with E-state index in [1.54, 1.807) is 13.0 Å². The number of anilines is 1. The molecule has 1 aliphatic rings. The summed E-state index contributed by atoms with van der Waals surface area (Å²) in [6, 6.07) is 0. The second-order valence-electron chi connectivity index (χ2n) is 4.11. The lowest BCUT2D eigenvalue weighted by atomic mass is 9.82. The molecule has 0 aromatic carbocycles. The molecular formula is C11H13N3O3S. The average molecular weight is 267 g/mol. The molecule has 2 rings (SSSR count). The van der Waals surface area contributed by atoms with Gasteiger partial charge < -0.3 is 10.4 Å². The summed E-state index contributed by atoms with van der Waals surface area (Å²) in [5, 5.41) is 20.5. The van der Waals surface area contributed by atoms with E-state index in [9.17, 15) is 9.59 Å². The molecule has 1 heterocycles. The zero-order chi connectivity index (χ0) is 13.1. The first-order chi connectivity index (χ1) is 8.58. The number of amides is 1. The fourth-order valence-electron chi connectivity index (χ4n) is 1.92. The van der Waals surface area contributed by atoms with Gasteiger partial charge in [-0.3, -0.25) is 9.59 Å². The Morgan fingerprint density at radius 1 is 1.33 bits per heavy atom. The van der Waals surface area contributed by atoms with E-state index < -0.39 is 17.8 Å². The van der Waals surface area contributed by atoms with Crippen LogP contribution in [0.5, 0.6) is 0 Å². The molecule has 0 aliphatic heterocycles. The molecule has 96 valence electrons. The molecule has 2 N–H and O–H groups in total. The number of carboxylic acid groups (broad SMARTS) is 1. The largest absolute Gasteiger partial charge is 0.481 e. The minimum absolute atomic E-state index is 0.303. The van der Waals surface area contributed by atoms with Crippen LogP contribution in [0.1, 0.15) is 17.8 Å². The van der Waals surface area contributed by atoms with Gasteiger partial charge in [-0.15, -0.1) is 10.2 Å². The Morgan fingerprint density at radius 3 is 2.56 bits per heavy atom. The van der Waals surface area contributed by atoms with E-state index in [1.165, 1.54) is 11.3 Å². The number of rotatable bonds is 3. The Morgan fingerprint density at radius 2 is 2.00 bits per heavy atom. The van der Waals surface area contributed by atoms with Gasteiger partial charge in [0.2, 0.25) is 11.0 Å². The fraction of sp³-hybridized carbons (Fsp3) is 0.455. The van der Waals surface area contributed by atoms with Gasteiger partial charge in [-0.1, -0.05) is 23.5 Å². The molecular weight excluding hydrogens is 254 g/mol. The molecule has 6 nitrogen and oxygen atoms in total. The molecule has 0 spiro atoms. The van der Waals surface area contributed by atoms with Crippen molar-refractivity contribution in [1.82, 2.24) is 10.2 Å². The summed E-state index contributed by atoms with van der Waals surface area (Å²) >= 11 is 1.27. The van der Waals surface area contributed by atoms with Gasteiger partial charge >= 0.3 is 5.97 Å². The summed E-state index contributed by atoms with van der Waals surface area (Å²) in [6.45, 7) is 1.79. The number of hydrogen-bond acceptors (Lipinski definition) is 5. The SMILES string of the molecule is Cc1nnc(NC(=O)[C@@H]2CC=CC[C@@H]2C(=O)O)s1. The molecule has 1 aliphatic carbocycles. The fourth-order valence-corrected chi connectivity index (χ4v) is 2.52. The molecule has 0 unspecified atom stereocenters. The van der Waals surface area contributed by atoms with Gasteiger partial charge in [0.1, 0.15) is 5.01 Å². The molecule has 1 amide bonds. The zero-order valence-corrected chi connectivity index (χ0v) is 10.6. The van der Waals surface area contributed by atoms with Crippen molar-refractivity contribution in [1.29, 1.82) is 0 Å². The van der Waals surface area contributed by atoms with Gasteiger partial charge in [-0.25, -0.2) is 0 Å².